The smallest absolute Gasteiger partial charge is 0.326 e. The molecule has 0 bridgehead atoms. The Morgan fingerprint density at radius 2 is 2.05 bits per heavy atom. The third-order valence-corrected chi connectivity index (χ3v) is 5.07. The molecule has 0 spiro atoms. The van der Waals surface area contributed by atoms with Gasteiger partial charge in [-0.05, 0) is 37.0 Å². The number of hydrogen-bond acceptors (Lipinski definition) is 4. The highest BCUT2D eigenvalue weighted by molar-refractivity contribution is 7.90. The molecular formula is C15H19NO5S. The molecule has 1 aromatic rings. The highest BCUT2D eigenvalue weighted by Crippen LogP contribution is 2.23. The average molecular weight is 325 g/mol. The summed E-state index contributed by atoms with van der Waals surface area (Å²) in [4.78, 5) is 25.1. The van der Waals surface area contributed by atoms with Crippen molar-refractivity contribution in [2.24, 2.45) is 0 Å². The maximum Gasteiger partial charge on any atom is 0.326 e. The molecule has 0 radical (unpaired) electrons. The second-order valence-electron chi connectivity index (χ2n) is 5.44. The van der Waals surface area contributed by atoms with Crippen molar-refractivity contribution in [3.05, 3.63) is 29.3 Å². The molecule has 1 N–H and O–H groups in total. The van der Waals surface area contributed by atoms with Gasteiger partial charge in [0.25, 0.3) is 5.91 Å². The summed E-state index contributed by atoms with van der Waals surface area (Å²) in [7, 11) is -3.44. The van der Waals surface area contributed by atoms with Gasteiger partial charge < -0.3 is 10.0 Å². The first-order valence-electron chi connectivity index (χ1n) is 7.12. The zero-order valence-electron chi connectivity index (χ0n) is 12.6. The maximum absolute atomic E-state index is 12.5. The Labute approximate surface area is 129 Å². The number of carboxylic acid groups (broad SMARTS) is 1. The number of sulfone groups is 1. The van der Waals surface area contributed by atoms with Crippen molar-refractivity contribution < 1.29 is 23.1 Å². The molecule has 22 heavy (non-hydrogen) atoms. The van der Waals surface area contributed by atoms with E-state index in [1.54, 1.807) is 12.1 Å². The fourth-order valence-corrected chi connectivity index (χ4v) is 3.79. The Morgan fingerprint density at radius 3 is 2.59 bits per heavy atom. The van der Waals surface area contributed by atoms with Crippen molar-refractivity contribution in [3.63, 3.8) is 0 Å². The quantitative estimate of drug-likeness (QED) is 0.902. The molecule has 1 saturated heterocycles. The maximum atomic E-state index is 12.5. The largest absolute Gasteiger partial charge is 0.480 e. The summed E-state index contributed by atoms with van der Waals surface area (Å²) in [6, 6.07) is 3.70. The molecule has 0 unspecified atom stereocenters. The molecular weight excluding hydrogens is 306 g/mol. The summed E-state index contributed by atoms with van der Waals surface area (Å²) in [5.41, 5.74) is 0.862. The van der Waals surface area contributed by atoms with Gasteiger partial charge >= 0.3 is 5.97 Å². The van der Waals surface area contributed by atoms with E-state index in [9.17, 15) is 18.0 Å². The van der Waals surface area contributed by atoms with E-state index in [0.29, 0.717) is 31.4 Å². The summed E-state index contributed by atoms with van der Waals surface area (Å²) in [6.45, 7) is 2.21. The van der Waals surface area contributed by atoms with Gasteiger partial charge in [0.1, 0.15) is 6.04 Å². The minimum Gasteiger partial charge on any atom is -0.480 e. The Morgan fingerprint density at radius 1 is 1.36 bits per heavy atom. The van der Waals surface area contributed by atoms with Gasteiger partial charge in [-0.1, -0.05) is 13.0 Å². The van der Waals surface area contributed by atoms with Crippen molar-refractivity contribution >= 4 is 21.7 Å². The monoisotopic (exact) mass is 325 g/mol. The zero-order valence-corrected chi connectivity index (χ0v) is 13.4. The van der Waals surface area contributed by atoms with Crippen LogP contribution in [0.15, 0.2) is 23.1 Å². The third kappa shape index (κ3) is 3.14. The van der Waals surface area contributed by atoms with Crippen LogP contribution in [0.25, 0.3) is 0 Å². The molecule has 2 rings (SSSR count). The predicted octanol–water partition coefficient (Wildman–Crippen LogP) is 1.34. The summed E-state index contributed by atoms with van der Waals surface area (Å²) in [5, 5.41) is 9.16. The Hall–Kier alpha value is -1.89. The van der Waals surface area contributed by atoms with Crippen molar-refractivity contribution in [3.8, 4) is 0 Å². The number of nitrogens with zero attached hydrogens (tertiary/aromatic N) is 1. The molecule has 0 aromatic heterocycles. The lowest BCUT2D eigenvalue weighted by Crippen LogP contribution is -2.40. The summed E-state index contributed by atoms with van der Waals surface area (Å²) < 4.78 is 23.7. The van der Waals surface area contributed by atoms with Crippen LogP contribution in [0.3, 0.4) is 0 Å². The van der Waals surface area contributed by atoms with Crippen LogP contribution in [0.4, 0.5) is 0 Å². The SMILES string of the molecule is CCc1ccc(C(=O)N2CCC[C@@H]2C(=O)O)cc1S(C)(=O)=O. The van der Waals surface area contributed by atoms with Crippen LogP contribution >= 0.6 is 0 Å². The van der Waals surface area contributed by atoms with E-state index in [4.69, 9.17) is 5.11 Å². The lowest BCUT2D eigenvalue weighted by Gasteiger charge is -2.22. The Balaban J connectivity index is 2.41. The highest BCUT2D eigenvalue weighted by Gasteiger charge is 2.34. The van der Waals surface area contributed by atoms with Gasteiger partial charge in [0.2, 0.25) is 0 Å². The van der Waals surface area contributed by atoms with Crippen LogP contribution in [0, 0.1) is 0 Å². The Kier molecular flexibility index (Phi) is 4.55. The fraction of sp³-hybridized carbons (Fsp3) is 0.467. The molecule has 1 fully saturated rings. The van der Waals surface area contributed by atoms with Crippen LogP contribution in [0.1, 0.15) is 35.7 Å². The molecule has 7 heteroatoms. The number of likely N-dealkylation sites (tertiary alicyclic amines) is 1. The highest BCUT2D eigenvalue weighted by atomic mass is 32.2. The van der Waals surface area contributed by atoms with Gasteiger partial charge in [0.15, 0.2) is 9.84 Å². The second kappa shape index (κ2) is 6.08. The summed E-state index contributed by atoms with van der Waals surface area (Å²) >= 11 is 0. The van der Waals surface area contributed by atoms with Gasteiger partial charge in [-0.3, -0.25) is 4.79 Å². The van der Waals surface area contributed by atoms with Gasteiger partial charge in [-0.15, -0.1) is 0 Å². The molecule has 1 aromatic carbocycles. The van der Waals surface area contributed by atoms with Crippen LogP contribution in [-0.2, 0) is 21.1 Å². The van der Waals surface area contributed by atoms with Gasteiger partial charge in [0.05, 0.1) is 4.90 Å². The number of amides is 1. The predicted molar refractivity (Wildman–Crippen MR) is 80.6 cm³/mol. The minimum absolute atomic E-state index is 0.131. The molecule has 0 saturated carbocycles. The van der Waals surface area contributed by atoms with E-state index in [2.05, 4.69) is 0 Å². The van der Waals surface area contributed by atoms with Gasteiger partial charge in [-0.25, -0.2) is 13.2 Å². The van der Waals surface area contributed by atoms with Crippen molar-refractivity contribution in [2.45, 2.75) is 37.1 Å². The molecule has 1 aliphatic heterocycles. The minimum atomic E-state index is -3.44. The number of hydrogen-bond donors (Lipinski definition) is 1. The van der Waals surface area contributed by atoms with Crippen molar-refractivity contribution in [1.82, 2.24) is 4.90 Å². The van der Waals surface area contributed by atoms with E-state index in [-0.39, 0.29) is 10.5 Å². The number of carboxylic acids is 1. The zero-order chi connectivity index (χ0) is 16.5. The van der Waals surface area contributed by atoms with Gasteiger partial charge in [-0.2, -0.15) is 0 Å². The molecule has 1 heterocycles. The van der Waals surface area contributed by atoms with E-state index >= 15 is 0 Å². The van der Waals surface area contributed by atoms with Crippen LogP contribution in [-0.4, -0.2) is 49.1 Å². The van der Waals surface area contributed by atoms with E-state index in [0.717, 1.165) is 6.26 Å². The lowest BCUT2D eigenvalue weighted by atomic mass is 10.1. The first-order valence-corrected chi connectivity index (χ1v) is 9.01. The molecule has 1 aliphatic rings. The molecule has 0 aliphatic carbocycles. The summed E-state index contributed by atoms with van der Waals surface area (Å²) in [6.07, 6.45) is 2.70. The Bertz CT molecular complexity index is 711. The number of benzene rings is 1. The number of rotatable bonds is 4. The standard InChI is InChI=1S/C15H19NO5S/c1-3-10-6-7-11(9-13(10)22(2,20)21)14(17)16-8-4-5-12(16)15(18)19/h6-7,9,12H,3-5,8H2,1-2H3,(H,18,19)/t12-/m1/s1. The molecule has 1 atom stereocenters. The molecule has 1 amide bonds. The average Bonchev–Trinajstić information content (AvgIpc) is 2.94. The molecule has 120 valence electrons. The van der Waals surface area contributed by atoms with Crippen molar-refractivity contribution in [2.75, 3.05) is 12.8 Å². The summed E-state index contributed by atoms with van der Waals surface area (Å²) in [5.74, 6) is -1.46. The van der Waals surface area contributed by atoms with Gasteiger partial charge in [0, 0.05) is 18.4 Å². The van der Waals surface area contributed by atoms with Crippen LogP contribution in [0.5, 0.6) is 0 Å². The van der Waals surface area contributed by atoms with Crippen molar-refractivity contribution in [1.29, 1.82) is 0 Å². The topological polar surface area (TPSA) is 91.8 Å². The van der Waals surface area contributed by atoms with E-state index < -0.39 is 27.8 Å². The number of carbonyl (C=O) groups is 2. The third-order valence-electron chi connectivity index (χ3n) is 3.89. The van der Waals surface area contributed by atoms with E-state index in [1.165, 1.54) is 11.0 Å². The second-order valence-corrected chi connectivity index (χ2v) is 7.43. The number of aryl methyl sites for hydroxylation is 1. The number of carbonyl (C=O) groups excluding carboxylic acids is 1. The number of aliphatic carboxylic acids is 1. The lowest BCUT2D eigenvalue weighted by molar-refractivity contribution is -0.141. The van der Waals surface area contributed by atoms with E-state index in [1.807, 2.05) is 6.92 Å². The van der Waals surface area contributed by atoms with Crippen LogP contribution in [0.2, 0.25) is 0 Å². The molecule has 6 nitrogen and oxygen atoms in total. The normalized spacial score (nSPS) is 18.5. The van der Waals surface area contributed by atoms with Crippen LogP contribution < -0.4 is 0 Å². The first kappa shape index (κ1) is 16.5. The fourth-order valence-electron chi connectivity index (χ4n) is 2.76. The first-order chi connectivity index (χ1) is 10.3.